The highest BCUT2D eigenvalue weighted by Crippen LogP contribution is 2.23. The molecule has 0 radical (unpaired) electrons. The number of thioether (sulfide) groups is 1. The molecule has 0 aliphatic carbocycles. The van der Waals surface area contributed by atoms with Crippen LogP contribution < -0.4 is 0 Å². The van der Waals surface area contributed by atoms with Crippen molar-refractivity contribution in [3.05, 3.63) is 69.2 Å². The van der Waals surface area contributed by atoms with Crippen molar-refractivity contribution in [3.8, 4) is 5.69 Å². The van der Waals surface area contributed by atoms with Crippen molar-refractivity contribution in [2.75, 3.05) is 6.26 Å². The smallest absolute Gasteiger partial charge is 0.338 e. The van der Waals surface area contributed by atoms with Crippen LogP contribution in [0.25, 0.3) is 5.69 Å². The molecule has 0 bridgehead atoms. The molecule has 0 spiro atoms. The van der Waals surface area contributed by atoms with Gasteiger partial charge in [-0.3, -0.25) is 0 Å². The number of nitrogens with zero attached hydrogens (tertiary/aromatic N) is 2. The molecule has 3 aromatic rings. The van der Waals surface area contributed by atoms with Gasteiger partial charge in [-0.05, 0) is 59.3 Å². The third-order valence-electron chi connectivity index (χ3n) is 4.24. The van der Waals surface area contributed by atoms with Gasteiger partial charge in [-0.2, -0.15) is 0 Å². The van der Waals surface area contributed by atoms with Crippen molar-refractivity contribution in [2.24, 2.45) is 0 Å². The van der Waals surface area contributed by atoms with Gasteiger partial charge >= 0.3 is 5.97 Å². The number of esters is 1. The zero-order valence-electron chi connectivity index (χ0n) is 16.3. The van der Waals surface area contributed by atoms with Gasteiger partial charge in [-0.1, -0.05) is 68.1 Å². The zero-order valence-corrected chi connectivity index (χ0v) is 18.7. The number of hydrogen-bond acceptors (Lipinski definition) is 6. The van der Waals surface area contributed by atoms with E-state index in [2.05, 4.69) is 38.0 Å². The first-order valence-corrected chi connectivity index (χ1v) is 11.2. The van der Waals surface area contributed by atoms with E-state index < -0.39 is 0 Å². The lowest BCUT2D eigenvalue weighted by Crippen LogP contribution is -2.11. The largest absolute Gasteiger partial charge is 0.457 e. The monoisotopic (exact) mass is 430 g/mol. The fraction of sp³-hybridized carbons (Fsp3) is 0.286. The molecule has 1 aromatic heterocycles. The Morgan fingerprint density at radius 2 is 1.79 bits per heavy atom. The molecule has 0 unspecified atom stereocenters. The van der Waals surface area contributed by atoms with E-state index in [-0.39, 0.29) is 18.0 Å². The molecule has 0 fully saturated rings. The second-order valence-corrected chi connectivity index (χ2v) is 10.00. The second-order valence-electron chi connectivity index (χ2n) is 7.32. The average molecular weight is 431 g/mol. The Bertz CT molecular complexity index is 1010. The van der Waals surface area contributed by atoms with Crippen LogP contribution in [-0.2, 0) is 16.8 Å². The summed E-state index contributed by atoms with van der Waals surface area (Å²) in [4.78, 5) is 12.3. The van der Waals surface area contributed by atoms with E-state index >= 15 is 0 Å². The normalized spacial score (nSPS) is 11.4. The minimum atomic E-state index is -0.349. The molecule has 146 valence electrons. The van der Waals surface area contributed by atoms with Crippen LogP contribution in [0.2, 0.25) is 0 Å². The molecular weight excluding hydrogens is 408 g/mol. The highest BCUT2D eigenvalue weighted by atomic mass is 32.2. The fourth-order valence-electron chi connectivity index (χ4n) is 2.58. The minimum Gasteiger partial charge on any atom is -0.457 e. The first kappa shape index (κ1) is 20.8. The molecule has 0 aliphatic rings. The number of ether oxygens (including phenoxy) is 1. The highest BCUT2D eigenvalue weighted by molar-refractivity contribution is 8.00. The molecule has 7 heteroatoms. The van der Waals surface area contributed by atoms with Gasteiger partial charge < -0.3 is 4.74 Å². The van der Waals surface area contributed by atoms with Crippen LogP contribution >= 0.6 is 35.3 Å². The van der Waals surface area contributed by atoms with E-state index in [1.807, 2.05) is 30.5 Å². The second kappa shape index (κ2) is 8.59. The van der Waals surface area contributed by atoms with Gasteiger partial charge in [-0.25, -0.2) is 9.48 Å². The molecule has 0 amide bonds. The summed E-state index contributed by atoms with van der Waals surface area (Å²) in [7, 11) is 0. The number of hydrogen-bond donors (Lipinski definition) is 0. The predicted molar refractivity (Wildman–Crippen MR) is 118 cm³/mol. The minimum absolute atomic E-state index is 0.105. The summed E-state index contributed by atoms with van der Waals surface area (Å²) in [6.45, 7) is 6.77. The Balaban J connectivity index is 1.65. The molecule has 0 saturated carbocycles. The van der Waals surface area contributed by atoms with Crippen LogP contribution in [0.15, 0.2) is 52.9 Å². The maximum atomic E-state index is 12.3. The van der Waals surface area contributed by atoms with Gasteiger partial charge in [0.2, 0.25) is 0 Å². The first-order chi connectivity index (χ1) is 13.3. The summed E-state index contributed by atoms with van der Waals surface area (Å²) in [6.07, 6.45) is 1.97. The van der Waals surface area contributed by atoms with Crippen molar-refractivity contribution in [1.82, 2.24) is 9.78 Å². The van der Waals surface area contributed by atoms with E-state index in [9.17, 15) is 4.79 Å². The number of carbonyl (C=O) groups excluding carboxylic acids is 1. The van der Waals surface area contributed by atoms with Crippen LogP contribution in [0.3, 0.4) is 0 Å². The van der Waals surface area contributed by atoms with E-state index in [0.717, 1.165) is 15.6 Å². The molecule has 28 heavy (non-hydrogen) atoms. The molecular formula is C21H22N2O2S3. The fourth-order valence-corrected chi connectivity index (χ4v) is 4.36. The van der Waals surface area contributed by atoms with Gasteiger partial charge in [0.25, 0.3) is 0 Å². The Labute approximate surface area is 178 Å². The highest BCUT2D eigenvalue weighted by Gasteiger charge is 2.13. The van der Waals surface area contributed by atoms with E-state index in [1.165, 1.54) is 16.9 Å². The van der Waals surface area contributed by atoms with Crippen molar-refractivity contribution >= 4 is 41.3 Å². The SMILES string of the molecule is CSc1nn(-c2ccc(C(=O)OCc3ccc(C(C)(C)C)cc3)cc2)c(=S)s1. The standard InChI is InChI=1S/C21H22N2O2S3/c1-21(2,3)16-9-5-14(6-10-16)13-25-18(24)15-7-11-17(12-8-15)23-20(26)28-19(22-23)27-4/h5-12H,13H2,1-4H3. The number of aromatic nitrogens is 2. The quantitative estimate of drug-likeness (QED) is 0.280. The maximum Gasteiger partial charge on any atom is 0.338 e. The summed E-state index contributed by atoms with van der Waals surface area (Å²) in [5.74, 6) is -0.349. The summed E-state index contributed by atoms with van der Waals surface area (Å²) in [5, 5.41) is 4.45. The summed E-state index contributed by atoms with van der Waals surface area (Å²) in [5.41, 5.74) is 3.66. The lowest BCUT2D eigenvalue weighted by atomic mass is 9.87. The number of rotatable bonds is 5. The third-order valence-corrected chi connectivity index (χ3v) is 6.45. The van der Waals surface area contributed by atoms with E-state index in [0.29, 0.717) is 9.52 Å². The molecule has 1 heterocycles. The predicted octanol–water partition coefficient (Wildman–Crippen LogP) is 6.04. The Hall–Kier alpha value is -1.96. The van der Waals surface area contributed by atoms with Crippen LogP contribution in [0.1, 0.15) is 42.3 Å². The first-order valence-electron chi connectivity index (χ1n) is 8.79. The number of carbonyl (C=O) groups is 1. The van der Waals surface area contributed by atoms with Crippen LogP contribution in [0, 0.1) is 3.95 Å². The van der Waals surface area contributed by atoms with Gasteiger partial charge in [0, 0.05) is 0 Å². The topological polar surface area (TPSA) is 44.1 Å². The van der Waals surface area contributed by atoms with Gasteiger partial charge in [-0.15, -0.1) is 5.10 Å². The van der Waals surface area contributed by atoms with Crippen LogP contribution in [0.4, 0.5) is 0 Å². The van der Waals surface area contributed by atoms with Crippen molar-refractivity contribution in [1.29, 1.82) is 0 Å². The summed E-state index contributed by atoms with van der Waals surface area (Å²) >= 11 is 8.37. The molecule has 0 N–H and O–H groups in total. The summed E-state index contributed by atoms with van der Waals surface area (Å²) in [6, 6.07) is 15.3. The molecule has 4 nitrogen and oxygen atoms in total. The van der Waals surface area contributed by atoms with Crippen molar-refractivity contribution in [3.63, 3.8) is 0 Å². The molecule has 0 aliphatic heterocycles. The molecule has 2 aromatic carbocycles. The maximum absolute atomic E-state index is 12.3. The average Bonchev–Trinajstić information content (AvgIpc) is 3.06. The molecule has 0 atom stereocenters. The van der Waals surface area contributed by atoms with Gasteiger partial charge in [0.05, 0.1) is 11.3 Å². The number of benzene rings is 2. The van der Waals surface area contributed by atoms with Crippen LogP contribution in [-0.4, -0.2) is 22.0 Å². The Morgan fingerprint density at radius 1 is 1.14 bits per heavy atom. The summed E-state index contributed by atoms with van der Waals surface area (Å²) < 4.78 is 8.74. The Kier molecular flexibility index (Phi) is 6.37. The molecule has 3 rings (SSSR count). The van der Waals surface area contributed by atoms with Crippen molar-refractivity contribution in [2.45, 2.75) is 37.1 Å². The van der Waals surface area contributed by atoms with E-state index in [4.69, 9.17) is 17.0 Å². The van der Waals surface area contributed by atoms with Crippen LogP contribution in [0.5, 0.6) is 0 Å². The van der Waals surface area contributed by atoms with Crippen molar-refractivity contribution < 1.29 is 9.53 Å². The third kappa shape index (κ3) is 4.90. The van der Waals surface area contributed by atoms with E-state index in [1.54, 1.807) is 28.6 Å². The van der Waals surface area contributed by atoms with Gasteiger partial charge in [0.1, 0.15) is 6.61 Å². The van der Waals surface area contributed by atoms with Gasteiger partial charge in [0.15, 0.2) is 8.29 Å². The zero-order chi connectivity index (χ0) is 20.3. The lowest BCUT2D eigenvalue weighted by Gasteiger charge is -2.19. The Morgan fingerprint density at radius 3 is 2.32 bits per heavy atom. The molecule has 0 saturated heterocycles. The lowest BCUT2D eigenvalue weighted by molar-refractivity contribution is 0.0472.